The molecule has 7 aromatic rings. The van der Waals surface area contributed by atoms with Gasteiger partial charge in [0.1, 0.15) is 22.3 Å². The van der Waals surface area contributed by atoms with Crippen LogP contribution in [-0.2, 0) is 9.31 Å². The van der Waals surface area contributed by atoms with E-state index >= 15 is 0 Å². The van der Waals surface area contributed by atoms with Gasteiger partial charge in [-0.05, 0) is 79.8 Å². The van der Waals surface area contributed by atoms with Crippen LogP contribution in [0.2, 0.25) is 0 Å². The van der Waals surface area contributed by atoms with E-state index < -0.39 is 7.12 Å². The fraction of sp³-hybridized carbons (Fsp3) is 0.176. The van der Waals surface area contributed by atoms with Crippen molar-refractivity contribution in [2.45, 2.75) is 38.9 Å². The summed E-state index contributed by atoms with van der Waals surface area (Å²) >= 11 is 0. The summed E-state index contributed by atoms with van der Waals surface area (Å²) in [4.78, 5) is 0. The van der Waals surface area contributed by atoms with E-state index in [4.69, 9.17) is 18.1 Å². The molecule has 0 spiro atoms. The summed E-state index contributed by atoms with van der Waals surface area (Å²) < 4.78 is 25.3. The molecule has 1 aliphatic heterocycles. The summed E-state index contributed by atoms with van der Waals surface area (Å²) in [6.07, 6.45) is 0. The molecule has 39 heavy (non-hydrogen) atoms. The van der Waals surface area contributed by atoms with Gasteiger partial charge in [0.15, 0.2) is 0 Å². The molecule has 5 heteroatoms. The topological polar surface area (TPSA) is 44.7 Å². The first-order valence-corrected chi connectivity index (χ1v) is 13.4. The molecule has 0 radical (unpaired) electrons. The van der Waals surface area contributed by atoms with Crippen molar-refractivity contribution in [3.8, 4) is 11.1 Å². The molecule has 0 aliphatic carbocycles. The van der Waals surface area contributed by atoms with Crippen LogP contribution >= 0.6 is 0 Å². The highest BCUT2D eigenvalue weighted by atomic mass is 16.7. The molecule has 1 aliphatic rings. The second-order valence-corrected chi connectivity index (χ2v) is 11.6. The van der Waals surface area contributed by atoms with Crippen LogP contribution in [0.4, 0.5) is 0 Å². The highest BCUT2D eigenvalue weighted by molar-refractivity contribution is 6.62. The molecule has 0 N–H and O–H groups in total. The molecule has 1 saturated heterocycles. The van der Waals surface area contributed by atoms with Crippen molar-refractivity contribution in [1.29, 1.82) is 0 Å². The van der Waals surface area contributed by atoms with Gasteiger partial charge >= 0.3 is 7.12 Å². The van der Waals surface area contributed by atoms with Crippen LogP contribution in [0.1, 0.15) is 27.7 Å². The molecule has 1 fully saturated rings. The zero-order valence-corrected chi connectivity index (χ0v) is 22.4. The van der Waals surface area contributed by atoms with Gasteiger partial charge in [0, 0.05) is 27.1 Å². The Hall–Kier alpha value is -4.06. The maximum absolute atomic E-state index is 6.40. The van der Waals surface area contributed by atoms with Crippen LogP contribution in [-0.4, -0.2) is 18.3 Å². The molecule has 2 aromatic heterocycles. The lowest BCUT2D eigenvalue weighted by atomic mass is 9.78. The quantitative estimate of drug-likeness (QED) is 0.219. The molecular weight excluding hydrogens is 483 g/mol. The van der Waals surface area contributed by atoms with Crippen LogP contribution in [0.25, 0.3) is 65.8 Å². The Morgan fingerprint density at radius 2 is 1.23 bits per heavy atom. The largest absolute Gasteiger partial charge is 0.494 e. The Bertz CT molecular complexity index is 2080. The van der Waals surface area contributed by atoms with E-state index in [1.165, 1.54) is 5.39 Å². The summed E-state index contributed by atoms with van der Waals surface area (Å²) in [5.41, 5.74) is 5.96. The number of benzene rings is 5. The fourth-order valence-corrected chi connectivity index (χ4v) is 5.93. The predicted molar refractivity (Wildman–Crippen MR) is 160 cm³/mol. The van der Waals surface area contributed by atoms with Crippen molar-refractivity contribution < 1.29 is 18.1 Å². The van der Waals surface area contributed by atoms with Crippen LogP contribution < -0.4 is 5.46 Å². The SMILES string of the molecule is CC1(C)OB(c2ccc3oc4cc(-c5c6ccccc6cc6oc7ccccc7c56)ccc4c3c2)OC1(C)C. The van der Waals surface area contributed by atoms with Crippen LogP contribution in [0.3, 0.4) is 0 Å². The smallest absolute Gasteiger partial charge is 0.456 e. The maximum Gasteiger partial charge on any atom is 0.494 e. The minimum absolute atomic E-state index is 0.388. The van der Waals surface area contributed by atoms with Crippen molar-refractivity contribution in [2.75, 3.05) is 0 Å². The molecule has 0 bridgehead atoms. The van der Waals surface area contributed by atoms with E-state index in [0.29, 0.717) is 0 Å². The zero-order valence-electron chi connectivity index (χ0n) is 22.4. The van der Waals surface area contributed by atoms with Gasteiger partial charge in [-0.15, -0.1) is 0 Å². The average Bonchev–Trinajstić information content (AvgIpc) is 3.54. The standard InChI is InChI=1S/C34H27BO4/c1-33(2)34(3,4)39-35(38-33)22-14-16-28-26(19-22)24-15-13-21(18-29(24)36-28)31-23-10-6-5-9-20(23)17-30-32(31)25-11-7-8-12-27(25)37-30/h5-19H,1-4H3. The van der Waals surface area contributed by atoms with Crippen molar-refractivity contribution >= 4 is 67.2 Å². The summed E-state index contributed by atoms with van der Waals surface area (Å²) in [5.74, 6) is 0. The molecule has 0 amide bonds. The van der Waals surface area contributed by atoms with Crippen molar-refractivity contribution in [3.05, 3.63) is 91.0 Å². The lowest BCUT2D eigenvalue weighted by Crippen LogP contribution is -2.41. The Morgan fingerprint density at radius 1 is 0.538 bits per heavy atom. The first kappa shape index (κ1) is 22.9. The first-order valence-electron chi connectivity index (χ1n) is 13.4. The lowest BCUT2D eigenvalue weighted by molar-refractivity contribution is 0.00578. The van der Waals surface area contributed by atoms with Crippen molar-refractivity contribution in [3.63, 3.8) is 0 Å². The van der Waals surface area contributed by atoms with Gasteiger partial charge in [-0.2, -0.15) is 0 Å². The normalized spacial score (nSPS) is 16.9. The van der Waals surface area contributed by atoms with Crippen LogP contribution in [0.5, 0.6) is 0 Å². The van der Waals surface area contributed by atoms with Gasteiger partial charge in [-0.3, -0.25) is 0 Å². The fourth-order valence-electron chi connectivity index (χ4n) is 5.93. The second-order valence-electron chi connectivity index (χ2n) is 11.6. The zero-order chi connectivity index (χ0) is 26.5. The molecular formula is C34H27BO4. The summed E-state index contributed by atoms with van der Waals surface area (Å²) in [7, 11) is -0.415. The second kappa shape index (κ2) is 7.75. The van der Waals surface area contributed by atoms with Crippen LogP contribution in [0.15, 0.2) is 99.8 Å². The van der Waals surface area contributed by atoms with E-state index in [1.807, 2.05) is 24.3 Å². The lowest BCUT2D eigenvalue weighted by Gasteiger charge is -2.32. The van der Waals surface area contributed by atoms with E-state index in [0.717, 1.165) is 65.9 Å². The summed E-state index contributed by atoms with van der Waals surface area (Å²) in [6.45, 7) is 8.31. The minimum Gasteiger partial charge on any atom is -0.456 e. The van der Waals surface area contributed by atoms with Crippen molar-refractivity contribution in [2.24, 2.45) is 0 Å². The molecule has 5 aromatic carbocycles. The van der Waals surface area contributed by atoms with Gasteiger partial charge in [-0.1, -0.05) is 60.7 Å². The monoisotopic (exact) mass is 510 g/mol. The third-order valence-electron chi connectivity index (χ3n) is 8.70. The number of furan rings is 2. The molecule has 4 nitrogen and oxygen atoms in total. The predicted octanol–water partition coefficient (Wildman–Crippen LogP) is 8.60. The Balaban J connectivity index is 1.33. The Kier molecular flexibility index (Phi) is 4.55. The van der Waals surface area contributed by atoms with E-state index in [9.17, 15) is 0 Å². The van der Waals surface area contributed by atoms with Gasteiger partial charge in [-0.25, -0.2) is 0 Å². The minimum atomic E-state index is -0.415. The number of fused-ring (bicyclic) bond motifs is 7. The molecule has 3 heterocycles. The number of rotatable bonds is 2. The van der Waals surface area contributed by atoms with E-state index in [2.05, 4.69) is 94.4 Å². The highest BCUT2D eigenvalue weighted by Crippen LogP contribution is 2.43. The first-order chi connectivity index (χ1) is 18.8. The molecule has 0 unspecified atom stereocenters. The average molecular weight is 510 g/mol. The highest BCUT2D eigenvalue weighted by Gasteiger charge is 2.51. The third-order valence-corrected chi connectivity index (χ3v) is 8.70. The Morgan fingerprint density at radius 3 is 2.05 bits per heavy atom. The van der Waals surface area contributed by atoms with Gasteiger partial charge in [0.2, 0.25) is 0 Å². The number of para-hydroxylation sites is 1. The van der Waals surface area contributed by atoms with E-state index in [1.54, 1.807) is 0 Å². The summed E-state index contributed by atoms with van der Waals surface area (Å²) in [5, 5.41) is 6.71. The maximum atomic E-state index is 6.40. The molecule has 190 valence electrons. The third kappa shape index (κ3) is 3.27. The van der Waals surface area contributed by atoms with Crippen molar-refractivity contribution in [1.82, 2.24) is 0 Å². The number of hydrogen-bond donors (Lipinski definition) is 0. The van der Waals surface area contributed by atoms with Gasteiger partial charge < -0.3 is 18.1 Å². The summed E-state index contributed by atoms with van der Waals surface area (Å²) in [6, 6.07) is 31.6. The molecule has 0 atom stereocenters. The Labute approximate surface area is 226 Å². The van der Waals surface area contributed by atoms with Crippen LogP contribution in [0, 0.1) is 0 Å². The number of hydrogen-bond acceptors (Lipinski definition) is 4. The van der Waals surface area contributed by atoms with Gasteiger partial charge in [0.05, 0.1) is 11.2 Å². The molecule has 0 saturated carbocycles. The molecule has 8 rings (SSSR count). The van der Waals surface area contributed by atoms with E-state index in [-0.39, 0.29) is 11.2 Å². The van der Waals surface area contributed by atoms with Gasteiger partial charge in [0.25, 0.3) is 0 Å².